The van der Waals surface area contributed by atoms with Gasteiger partial charge in [0, 0.05) is 45.6 Å². The number of rotatable bonds is 3. The Hall–Kier alpha value is -1.10. The van der Waals surface area contributed by atoms with Crippen LogP contribution in [0.4, 0.5) is 0 Å². The molecule has 0 aliphatic carbocycles. The summed E-state index contributed by atoms with van der Waals surface area (Å²) in [7, 11) is 0. The van der Waals surface area contributed by atoms with Crippen molar-refractivity contribution in [3.05, 3.63) is 0 Å². The molecule has 0 bridgehead atoms. The maximum absolute atomic E-state index is 12.4. The van der Waals surface area contributed by atoms with Gasteiger partial charge in [-0.05, 0) is 31.6 Å². The first-order valence-corrected chi connectivity index (χ1v) is 7.27. The number of aliphatic hydroxyl groups is 1. The van der Waals surface area contributed by atoms with Gasteiger partial charge in [-0.15, -0.1) is 0 Å². The monoisotopic (exact) mass is 268 g/mol. The van der Waals surface area contributed by atoms with Gasteiger partial charge in [-0.25, -0.2) is 0 Å². The minimum atomic E-state index is 0.0866. The normalized spacial score (nSPS) is 24.8. The van der Waals surface area contributed by atoms with E-state index in [0.717, 1.165) is 38.8 Å². The van der Waals surface area contributed by atoms with E-state index in [9.17, 15) is 9.59 Å². The first-order chi connectivity index (χ1) is 9.11. The van der Waals surface area contributed by atoms with Crippen LogP contribution in [0.2, 0.25) is 0 Å². The van der Waals surface area contributed by atoms with Crippen LogP contribution in [0, 0.1) is 11.8 Å². The Kier molecular flexibility index (Phi) is 4.80. The number of carbonyl (C=O) groups excluding carboxylic acids is 2. The molecule has 108 valence electrons. The molecule has 2 amide bonds. The third kappa shape index (κ3) is 3.47. The number of carbonyl (C=O) groups is 2. The Balaban J connectivity index is 1.80. The molecule has 2 rings (SSSR count). The number of amides is 2. The van der Waals surface area contributed by atoms with Gasteiger partial charge in [0.1, 0.15) is 0 Å². The van der Waals surface area contributed by atoms with Crippen molar-refractivity contribution in [1.82, 2.24) is 9.80 Å². The third-order valence-corrected chi connectivity index (χ3v) is 4.42. The lowest BCUT2D eigenvalue weighted by Gasteiger charge is -2.32. The lowest BCUT2D eigenvalue weighted by molar-refractivity contribution is -0.139. The fraction of sp³-hybridized carbons (Fsp3) is 0.857. The molecule has 0 saturated carbocycles. The third-order valence-electron chi connectivity index (χ3n) is 4.42. The molecule has 0 aromatic rings. The predicted molar refractivity (Wildman–Crippen MR) is 71.4 cm³/mol. The molecule has 19 heavy (non-hydrogen) atoms. The molecule has 2 aliphatic rings. The maximum Gasteiger partial charge on any atom is 0.225 e. The van der Waals surface area contributed by atoms with Crippen LogP contribution in [0.15, 0.2) is 0 Å². The van der Waals surface area contributed by atoms with Gasteiger partial charge in [-0.3, -0.25) is 9.59 Å². The molecule has 0 radical (unpaired) electrons. The van der Waals surface area contributed by atoms with Crippen molar-refractivity contribution in [2.45, 2.75) is 32.6 Å². The lowest BCUT2D eigenvalue weighted by atomic mass is 9.95. The molecular formula is C14H24N2O3. The Morgan fingerprint density at radius 3 is 2.32 bits per heavy atom. The summed E-state index contributed by atoms with van der Waals surface area (Å²) in [5, 5.41) is 8.94. The highest BCUT2D eigenvalue weighted by Crippen LogP contribution is 2.25. The zero-order valence-electron chi connectivity index (χ0n) is 11.7. The molecule has 5 nitrogen and oxygen atoms in total. The highest BCUT2D eigenvalue weighted by molar-refractivity contribution is 5.80. The highest BCUT2D eigenvalue weighted by Gasteiger charge is 2.32. The largest absolute Gasteiger partial charge is 0.396 e. The minimum Gasteiger partial charge on any atom is -0.396 e. The van der Waals surface area contributed by atoms with Crippen LogP contribution >= 0.6 is 0 Å². The van der Waals surface area contributed by atoms with Crippen LogP contribution in [0.3, 0.4) is 0 Å². The Labute approximate surface area is 114 Å². The average Bonchev–Trinajstić information content (AvgIpc) is 2.87. The molecule has 5 heteroatoms. The first kappa shape index (κ1) is 14.3. The Morgan fingerprint density at radius 1 is 1.11 bits per heavy atom. The second kappa shape index (κ2) is 6.37. The van der Waals surface area contributed by atoms with Crippen LogP contribution in [0.1, 0.15) is 32.6 Å². The van der Waals surface area contributed by atoms with Crippen molar-refractivity contribution in [2.24, 2.45) is 11.8 Å². The van der Waals surface area contributed by atoms with E-state index in [4.69, 9.17) is 5.11 Å². The van der Waals surface area contributed by atoms with E-state index in [0.29, 0.717) is 19.0 Å². The van der Waals surface area contributed by atoms with Gasteiger partial charge in [-0.2, -0.15) is 0 Å². The fourth-order valence-corrected chi connectivity index (χ4v) is 3.15. The van der Waals surface area contributed by atoms with E-state index in [-0.39, 0.29) is 24.3 Å². The first-order valence-electron chi connectivity index (χ1n) is 7.27. The maximum atomic E-state index is 12.4. The summed E-state index contributed by atoms with van der Waals surface area (Å²) in [5.41, 5.74) is 0. The number of aliphatic hydroxyl groups excluding tert-OH is 1. The summed E-state index contributed by atoms with van der Waals surface area (Å²) in [6, 6.07) is 0. The van der Waals surface area contributed by atoms with Crippen LogP contribution in [0.5, 0.6) is 0 Å². The summed E-state index contributed by atoms with van der Waals surface area (Å²) >= 11 is 0. The molecule has 2 saturated heterocycles. The highest BCUT2D eigenvalue weighted by atomic mass is 16.3. The van der Waals surface area contributed by atoms with Gasteiger partial charge in [0.25, 0.3) is 0 Å². The van der Waals surface area contributed by atoms with E-state index in [2.05, 4.69) is 0 Å². The van der Waals surface area contributed by atoms with Gasteiger partial charge in [0.05, 0.1) is 0 Å². The molecule has 1 atom stereocenters. The van der Waals surface area contributed by atoms with Gasteiger partial charge < -0.3 is 14.9 Å². The van der Waals surface area contributed by atoms with Crippen molar-refractivity contribution in [3.63, 3.8) is 0 Å². The van der Waals surface area contributed by atoms with Gasteiger partial charge >= 0.3 is 0 Å². The van der Waals surface area contributed by atoms with Crippen molar-refractivity contribution < 1.29 is 14.7 Å². The van der Waals surface area contributed by atoms with Crippen LogP contribution in [-0.4, -0.2) is 59.5 Å². The van der Waals surface area contributed by atoms with E-state index >= 15 is 0 Å². The summed E-state index contributed by atoms with van der Waals surface area (Å²) in [5.74, 6) is 0.911. The smallest absolute Gasteiger partial charge is 0.225 e. The SMILES string of the molecule is CC(=O)N1CCC(C(=O)N2CCC(CCO)C2)CC1. The number of piperidine rings is 1. The summed E-state index contributed by atoms with van der Waals surface area (Å²) in [6.45, 7) is 4.84. The van der Waals surface area contributed by atoms with Crippen molar-refractivity contribution in [1.29, 1.82) is 0 Å². The van der Waals surface area contributed by atoms with E-state index in [1.54, 1.807) is 6.92 Å². The zero-order valence-corrected chi connectivity index (χ0v) is 11.7. The second-order valence-electron chi connectivity index (χ2n) is 5.73. The predicted octanol–water partition coefficient (Wildman–Crippen LogP) is 0.476. The number of likely N-dealkylation sites (tertiary alicyclic amines) is 2. The molecule has 0 aromatic heterocycles. The van der Waals surface area contributed by atoms with Crippen LogP contribution in [-0.2, 0) is 9.59 Å². The summed E-state index contributed by atoms with van der Waals surface area (Å²) in [4.78, 5) is 27.4. The molecule has 2 aliphatic heterocycles. The van der Waals surface area contributed by atoms with Crippen LogP contribution < -0.4 is 0 Å². The fourth-order valence-electron chi connectivity index (χ4n) is 3.15. The van der Waals surface area contributed by atoms with Crippen molar-refractivity contribution in [3.8, 4) is 0 Å². The molecule has 0 aromatic carbocycles. The Bertz CT molecular complexity index is 338. The summed E-state index contributed by atoms with van der Waals surface area (Å²) < 4.78 is 0. The molecule has 0 spiro atoms. The molecular weight excluding hydrogens is 244 g/mol. The summed E-state index contributed by atoms with van der Waals surface area (Å²) in [6.07, 6.45) is 3.39. The zero-order chi connectivity index (χ0) is 13.8. The average molecular weight is 268 g/mol. The number of hydrogen-bond donors (Lipinski definition) is 1. The molecule has 2 heterocycles. The van der Waals surface area contributed by atoms with Gasteiger partial charge in [-0.1, -0.05) is 0 Å². The second-order valence-corrected chi connectivity index (χ2v) is 5.73. The standard InChI is InChI=1S/C14H24N2O3/c1-11(18)15-7-3-13(4-8-15)14(19)16-6-2-12(10-16)5-9-17/h12-13,17H,2-10H2,1H3. The molecule has 2 fully saturated rings. The topological polar surface area (TPSA) is 60.9 Å². The van der Waals surface area contributed by atoms with Crippen molar-refractivity contribution >= 4 is 11.8 Å². The number of nitrogens with zero attached hydrogens (tertiary/aromatic N) is 2. The van der Waals surface area contributed by atoms with E-state index < -0.39 is 0 Å². The van der Waals surface area contributed by atoms with Gasteiger partial charge in [0.2, 0.25) is 11.8 Å². The number of hydrogen-bond acceptors (Lipinski definition) is 3. The van der Waals surface area contributed by atoms with E-state index in [1.807, 2.05) is 9.80 Å². The Morgan fingerprint density at radius 2 is 1.74 bits per heavy atom. The van der Waals surface area contributed by atoms with Crippen molar-refractivity contribution in [2.75, 3.05) is 32.8 Å². The minimum absolute atomic E-state index is 0.0866. The quantitative estimate of drug-likeness (QED) is 0.809. The van der Waals surface area contributed by atoms with Gasteiger partial charge in [0.15, 0.2) is 0 Å². The molecule has 1 N–H and O–H groups in total. The van der Waals surface area contributed by atoms with E-state index in [1.165, 1.54) is 0 Å². The lowest BCUT2D eigenvalue weighted by Crippen LogP contribution is -2.43. The molecule has 1 unspecified atom stereocenters. The van der Waals surface area contributed by atoms with Crippen LogP contribution in [0.25, 0.3) is 0 Å².